The van der Waals surface area contributed by atoms with Crippen LogP contribution < -0.4 is 21.3 Å². The molecule has 2 rings (SSSR count). The molecule has 0 aromatic carbocycles. The van der Waals surface area contributed by atoms with Crippen molar-refractivity contribution < 1.29 is 44.1 Å². The fourth-order valence-electron chi connectivity index (χ4n) is 5.04. The minimum Gasteiger partial charge on any atom is -0.480 e. The molecule has 0 aliphatic carbocycles. The zero-order chi connectivity index (χ0) is 30.2. The molecule has 2 aliphatic rings. The Morgan fingerprint density at radius 1 is 0.795 bits per heavy atom. The van der Waals surface area contributed by atoms with Gasteiger partial charge >= 0.3 is 23.9 Å². The molecule has 3 radical (unpaired) electrons. The number of rotatable bonds is 22. The normalized spacial score (nSPS) is 18.8. The molecule has 0 unspecified atom stereocenters. The van der Waals surface area contributed by atoms with Crippen molar-refractivity contribution in [2.75, 3.05) is 31.9 Å². The van der Waals surface area contributed by atoms with E-state index in [1.165, 1.54) is 0 Å². The average Bonchev–Trinajstić information content (AvgIpc) is 3.44. The van der Waals surface area contributed by atoms with E-state index in [0.29, 0.717) is 50.4 Å². The van der Waals surface area contributed by atoms with Crippen molar-refractivity contribution >= 4 is 202 Å². The van der Waals surface area contributed by atoms with Gasteiger partial charge in [-0.05, 0) is 44.9 Å². The molecule has 18 heteroatoms. The molecule has 14 nitrogen and oxygen atoms in total. The molecular weight excluding hydrogens is 676 g/mol. The average molecular weight is 719 g/mol. The molecule has 44 heavy (non-hydrogen) atoms. The van der Waals surface area contributed by atoms with Crippen molar-refractivity contribution in [2.24, 2.45) is 0 Å². The quantitative estimate of drug-likeness (QED) is 0.0429. The summed E-state index contributed by atoms with van der Waals surface area (Å²) < 4.78 is 0. The number of carbonyl (C=O) groups is 6. The zero-order valence-corrected chi connectivity index (χ0v) is 36.5. The Morgan fingerprint density at radius 3 is 1.89 bits per heavy atom. The summed E-state index contributed by atoms with van der Waals surface area (Å²) in [5.41, 5.74) is 0. The van der Waals surface area contributed by atoms with E-state index >= 15 is 0 Å². The molecule has 4 atom stereocenters. The maximum Gasteiger partial charge on any atom is 0.320 e. The number of fused-ring (bicyclic) bond motifs is 1. The van der Waals surface area contributed by atoms with Crippen LogP contribution >= 0.6 is 11.8 Å². The number of unbranched alkanes of at least 4 members (excludes halogenated alkanes) is 4. The van der Waals surface area contributed by atoms with Crippen molar-refractivity contribution in [3.63, 3.8) is 0 Å². The third-order valence-corrected chi connectivity index (χ3v) is 8.62. The molecule has 2 aliphatic heterocycles. The minimum absolute atomic E-state index is 0. The predicted octanol–water partition coefficient (Wildman–Crippen LogP) is -0.543. The number of hydrogen-bond acceptors (Lipinski definition) is 8. The van der Waals surface area contributed by atoms with Gasteiger partial charge in [-0.2, -0.15) is 11.8 Å². The first-order valence-electron chi connectivity index (χ1n) is 14.2. The number of carboxylic acids is 3. The Labute approximate surface area is 390 Å². The Balaban J connectivity index is 0. The van der Waals surface area contributed by atoms with Gasteiger partial charge in [0.15, 0.2) is 0 Å². The van der Waals surface area contributed by atoms with Gasteiger partial charge in [0, 0.05) is 191 Å². The number of urea groups is 1. The SMILES string of the molecule is O=C(O)CN(CC(=O)O)[C@@H](CCCCNC(=O)CCCCCNC(=O)CCCC[C@@H]1SC[C@@H]2NC(=O)N[C@@H]21)C(=O)O.[K].[K].[K]. The second kappa shape index (κ2) is 27.6. The number of hydrogen-bond donors (Lipinski definition) is 7. The second-order valence-corrected chi connectivity index (χ2v) is 11.7. The van der Waals surface area contributed by atoms with E-state index in [9.17, 15) is 33.9 Å². The maximum absolute atomic E-state index is 12.1. The zero-order valence-electron chi connectivity index (χ0n) is 26.3. The first kappa shape index (κ1) is 48.0. The van der Waals surface area contributed by atoms with Crippen molar-refractivity contribution in [3.05, 3.63) is 0 Å². The van der Waals surface area contributed by atoms with Gasteiger partial charge in [0.2, 0.25) is 11.8 Å². The molecule has 2 fully saturated rings. The van der Waals surface area contributed by atoms with Gasteiger partial charge in [-0.1, -0.05) is 12.8 Å². The summed E-state index contributed by atoms with van der Waals surface area (Å²) in [6, 6.07) is -0.920. The second-order valence-electron chi connectivity index (χ2n) is 10.4. The number of aliphatic carboxylic acids is 3. The van der Waals surface area contributed by atoms with Gasteiger partial charge in [-0.15, -0.1) is 0 Å². The first-order chi connectivity index (χ1) is 19.6. The van der Waals surface area contributed by atoms with Crippen LogP contribution in [0.25, 0.3) is 0 Å². The minimum atomic E-state index is -1.31. The van der Waals surface area contributed by atoms with Crippen LogP contribution in [0, 0.1) is 0 Å². The number of amides is 4. The van der Waals surface area contributed by atoms with Crippen LogP contribution in [0.5, 0.6) is 0 Å². The molecule has 7 N–H and O–H groups in total. The summed E-state index contributed by atoms with van der Waals surface area (Å²) in [5, 5.41) is 39.2. The fourth-order valence-corrected chi connectivity index (χ4v) is 6.59. The molecular formula is C26H43K3N5O9S. The van der Waals surface area contributed by atoms with Crippen molar-refractivity contribution in [2.45, 2.75) is 94.0 Å². The van der Waals surface area contributed by atoms with Gasteiger partial charge in [0.05, 0.1) is 25.2 Å². The Morgan fingerprint density at radius 2 is 1.34 bits per heavy atom. The van der Waals surface area contributed by atoms with Crippen molar-refractivity contribution in [1.82, 2.24) is 26.2 Å². The van der Waals surface area contributed by atoms with Gasteiger partial charge in [0.25, 0.3) is 0 Å². The number of nitrogens with zero attached hydrogens (tertiary/aromatic N) is 1. The maximum atomic E-state index is 12.1. The van der Waals surface area contributed by atoms with Crippen LogP contribution in [0.1, 0.15) is 70.6 Å². The molecule has 2 heterocycles. The Hall–Kier alpha value is 1.84. The van der Waals surface area contributed by atoms with Crippen LogP contribution in [0.3, 0.4) is 0 Å². The smallest absolute Gasteiger partial charge is 0.320 e. The van der Waals surface area contributed by atoms with E-state index in [1.54, 1.807) is 0 Å². The number of carboxylic acid groups (broad SMARTS) is 3. The first-order valence-corrected chi connectivity index (χ1v) is 15.2. The largest absolute Gasteiger partial charge is 0.480 e. The number of carbonyl (C=O) groups excluding carboxylic acids is 3. The summed E-state index contributed by atoms with van der Waals surface area (Å²) in [4.78, 5) is 69.8. The molecule has 0 spiro atoms. The third-order valence-electron chi connectivity index (χ3n) is 7.11. The molecule has 0 aromatic heterocycles. The van der Waals surface area contributed by atoms with Crippen LogP contribution in [-0.2, 0) is 24.0 Å². The van der Waals surface area contributed by atoms with Crippen LogP contribution in [0.2, 0.25) is 0 Å². The van der Waals surface area contributed by atoms with Gasteiger partial charge < -0.3 is 36.6 Å². The van der Waals surface area contributed by atoms with E-state index in [-0.39, 0.29) is 191 Å². The third kappa shape index (κ3) is 20.4. The summed E-state index contributed by atoms with van der Waals surface area (Å²) >= 11 is 1.87. The van der Waals surface area contributed by atoms with Crippen LogP contribution in [0.4, 0.5) is 4.79 Å². The Bertz CT molecular complexity index is 922. The van der Waals surface area contributed by atoms with E-state index < -0.39 is 37.0 Å². The van der Waals surface area contributed by atoms with Gasteiger partial charge in [-0.25, -0.2) is 4.79 Å². The van der Waals surface area contributed by atoms with Crippen LogP contribution in [0.15, 0.2) is 0 Å². The number of thioether (sulfide) groups is 1. The molecule has 0 aromatic rings. The van der Waals surface area contributed by atoms with E-state index in [1.807, 2.05) is 11.8 Å². The van der Waals surface area contributed by atoms with Gasteiger partial charge in [0.1, 0.15) is 6.04 Å². The van der Waals surface area contributed by atoms with E-state index in [4.69, 9.17) is 10.2 Å². The Kier molecular flexibility index (Phi) is 30.1. The van der Waals surface area contributed by atoms with Crippen molar-refractivity contribution in [1.29, 1.82) is 0 Å². The molecule has 4 amide bonds. The topological polar surface area (TPSA) is 214 Å². The van der Waals surface area contributed by atoms with E-state index in [0.717, 1.165) is 42.8 Å². The summed E-state index contributed by atoms with van der Waals surface area (Å²) in [7, 11) is 0. The summed E-state index contributed by atoms with van der Waals surface area (Å²) in [6.45, 7) is -0.479. The molecule has 0 bridgehead atoms. The number of nitrogens with one attached hydrogen (secondary N) is 4. The molecule has 235 valence electrons. The fraction of sp³-hybridized carbons (Fsp3) is 0.769. The molecule has 2 saturated heterocycles. The standard InChI is InChI=1S/C26H43N5O9S.3K/c32-20(28-13-7-5-8-18(25(38)39)31(14-22(34)35)15-23(36)37)10-2-1-6-12-27-21(33)11-4-3-9-19-24-17(16-41-19)29-26(40)30-24;;;/h17-19,24H,1-16H2,(H,27,33)(H,28,32)(H,34,35)(H,36,37)(H,38,39)(H2,29,30,40);;;/t17-,18-,19-,24-;;;/m0.../s1. The predicted molar refractivity (Wildman–Crippen MR) is 168 cm³/mol. The van der Waals surface area contributed by atoms with Crippen molar-refractivity contribution in [3.8, 4) is 0 Å². The molecule has 0 saturated carbocycles. The van der Waals surface area contributed by atoms with Crippen LogP contribution in [-0.4, -0.2) is 265 Å². The van der Waals surface area contributed by atoms with Gasteiger partial charge in [-0.3, -0.25) is 28.9 Å². The summed E-state index contributed by atoms with van der Waals surface area (Å²) in [6.07, 6.45) is 6.69. The monoisotopic (exact) mass is 718 g/mol. The summed E-state index contributed by atoms with van der Waals surface area (Å²) in [5.74, 6) is -3.08. The van der Waals surface area contributed by atoms with E-state index in [2.05, 4.69) is 21.3 Å².